The van der Waals surface area contributed by atoms with Crippen molar-refractivity contribution in [1.29, 1.82) is 0 Å². The minimum Gasteiger partial charge on any atom is -0.493 e. The summed E-state index contributed by atoms with van der Waals surface area (Å²) in [5, 5.41) is 12.9. The van der Waals surface area contributed by atoms with Gasteiger partial charge in [0, 0.05) is 18.5 Å². The number of carbonyl (C=O) groups is 1. The average Bonchev–Trinajstić information content (AvgIpc) is 2.54. The summed E-state index contributed by atoms with van der Waals surface area (Å²) < 4.78 is 5.63. The Morgan fingerprint density at radius 1 is 1.41 bits per heavy atom. The van der Waals surface area contributed by atoms with E-state index in [2.05, 4.69) is 10.2 Å². The largest absolute Gasteiger partial charge is 0.493 e. The average molecular weight is 304 g/mol. The molecule has 1 fully saturated rings. The number of nitrogens with one attached hydrogen (secondary N) is 1. The van der Waals surface area contributed by atoms with E-state index in [0.717, 1.165) is 37.1 Å². The van der Waals surface area contributed by atoms with E-state index in [9.17, 15) is 9.90 Å². The van der Waals surface area contributed by atoms with E-state index in [-0.39, 0.29) is 24.1 Å². The van der Waals surface area contributed by atoms with Gasteiger partial charge in [0.05, 0.1) is 24.8 Å². The van der Waals surface area contributed by atoms with Crippen molar-refractivity contribution in [2.75, 3.05) is 19.7 Å². The number of β-amino-alcohol motifs (C(OH)–C–C–N with tert-alkyl or cyclic N) is 1. The van der Waals surface area contributed by atoms with Crippen LogP contribution in [0.15, 0.2) is 24.3 Å². The second-order valence-electron chi connectivity index (χ2n) is 6.20. The van der Waals surface area contributed by atoms with E-state index in [0.29, 0.717) is 13.2 Å². The maximum Gasteiger partial charge on any atom is 0.237 e. The highest BCUT2D eigenvalue weighted by molar-refractivity contribution is 5.82. The van der Waals surface area contributed by atoms with E-state index in [1.165, 1.54) is 0 Å². The number of hydrogen-bond donors (Lipinski definition) is 2. The summed E-state index contributed by atoms with van der Waals surface area (Å²) in [4.78, 5) is 14.6. The zero-order chi connectivity index (χ0) is 15.5. The number of carbonyl (C=O) groups excluding carboxylic acids is 1. The Kier molecular flexibility index (Phi) is 4.64. The molecule has 0 spiro atoms. The maximum atomic E-state index is 12.6. The molecule has 0 aromatic heterocycles. The van der Waals surface area contributed by atoms with Gasteiger partial charge in [0.1, 0.15) is 5.75 Å². The lowest BCUT2D eigenvalue weighted by Crippen LogP contribution is -2.51. The SMILES string of the molecule is CC(C(=O)NC1CCOc2ccccc21)N1CCCC(O)C1. The van der Waals surface area contributed by atoms with Crippen molar-refractivity contribution >= 4 is 5.91 Å². The number of amides is 1. The molecule has 22 heavy (non-hydrogen) atoms. The molecule has 3 rings (SSSR count). The van der Waals surface area contributed by atoms with Gasteiger partial charge in [-0.3, -0.25) is 9.69 Å². The maximum absolute atomic E-state index is 12.6. The van der Waals surface area contributed by atoms with Gasteiger partial charge >= 0.3 is 0 Å². The van der Waals surface area contributed by atoms with E-state index in [1.54, 1.807) is 0 Å². The zero-order valence-electron chi connectivity index (χ0n) is 13.0. The molecular weight excluding hydrogens is 280 g/mol. The van der Waals surface area contributed by atoms with Gasteiger partial charge in [0.15, 0.2) is 0 Å². The van der Waals surface area contributed by atoms with Crippen molar-refractivity contribution in [3.8, 4) is 5.75 Å². The molecule has 2 aliphatic heterocycles. The number of hydrogen-bond acceptors (Lipinski definition) is 4. The fraction of sp³-hybridized carbons (Fsp3) is 0.588. The number of para-hydroxylation sites is 1. The van der Waals surface area contributed by atoms with Gasteiger partial charge < -0.3 is 15.2 Å². The van der Waals surface area contributed by atoms with Gasteiger partial charge in [0.25, 0.3) is 0 Å². The van der Waals surface area contributed by atoms with Crippen LogP contribution >= 0.6 is 0 Å². The van der Waals surface area contributed by atoms with Crippen molar-refractivity contribution in [2.24, 2.45) is 0 Å². The van der Waals surface area contributed by atoms with Gasteiger partial charge in [-0.1, -0.05) is 18.2 Å². The normalized spacial score (nSPS) is 26.6. The molecule has 5 nitrogen and oxygen atoms in total. The molecule has 1 amide bonds. The highest BCUT2D eigenvalue weighted by Crippen LogP contribution is 2.31. The van der Waals surface area contributed by atoms with Crippen LogP contribution in [0.3, 0.4) is 0 Å². The van der Waals surface area contributed by atoms with Gasteiger partial charge in [-0.15, -0.1) is 0 Å². The second-order valence-corrected chi connectivity index (χ2v) is 6.20. The zero-order valence-corrected chi connectivity index (χ0v) is 13.0. The quantitative estimate of drug-likeness (QED) is 0.888. The number of fused-ring (bicyclic) bond motifs is 1. The molecule has 5 heteroatoms. The minimum atomic E-state index is -0.312. The van der Waals surface area contributed by atoms with Crippen molar-refractivity contribution in [3.63, 3.8) is 0 Å². The topological polar surface area (TPSA) is 61.8 Å². The van der Waals surface area contributed by atoms with Crippen LogP contribution < -0.4 is 10.1 Å². The first-order valence-electron chi connectivity index (χ1n) is 8.09. The summed E-state index contributed by atoms with van der Waals surface area (Å²) in [5.74, 6) is 0.885. The summed E-state index contributed by atoms with van der Waals surface area (Å²) in [6, 6.07) is 7.66. The van der Waals surface area contributed by atoms with Crippen LogP contribution in [0.1, 0.15) is 37.8 Å². The number of benzene rings is 1. The monoisotopic (exact) mass is 304 g/mol. The third kappa shape index (κ3) is 3.25. The highest BCUT2D eigenvalue weighted by atomic mass is 16.5. The van der Waals surface area contributed by atoms with E-state index < -0.39 is 0 Å². The van der Waals surface area contributed by atoms with Crippen LogP contribution in [0.25, 0.3) is 0 Å². The number of aliphatic hydroxyl groups excluding tert-OH is 1. The van der Waals surface area contributed by atoms with Crippen LogP contribution in [-0.2, 0) is 4.79 Å². The summed E-state index contributed by atoms with van der Waals surface area (Å²) in [6.07, 6.45) is 2.25. The molecule has 0 radical (unpaired) electrons. The smallest absolute Gasteiger partial charge is 0.237 e. The predicted octanol–water partition coefficient (Wildman–Crippen LogP) is 1.47. The third-order valence-electron chi connectivity index (χ3n) is 4.63. The standard InChI is InChI=1S/C17H24N2O3/c1-12(19-9-4-5-13(20)11-19)17(21)18-15-8-10-22-16-7-3-2-6-14(15)16/h2-3,6-7,12-13,15,20H,4-5,8-11H2,1H3,(H,18,21). The fourth-order valence-electron chi connectivity index (χ4n) is 3.29. The molecule has 3 unspecified atom stereocenters. The van der Waals surface area contributed by atoms with Crippen LogP contribution in [0.5, 0.6) is 5.75 Å². The van der Waals surface area contributed by atoms with E-state index in [1.807, 2.05) is 31.2 Å². The summed E-state index contributed by atoms with van der Waals surface area (Å²) in [7, 11) is 0. The third-order valence-corrected chi connectivity index (χ3v) is 4.63. The number of nitrogens with zero attached hydrogens (tertiary/aromatic N) is 1. The van der Waals surface area contributed by atoms with E-state index in [4.69, 9.17) is 4.74 Å². The fourth-order valence-corrected chi connectivity index (χ4v) is 3.29. The molecule has 0 aliphatic carbocycles. The summed E-state index contributed by atoms with van der Waals surface area (Å²) >= 11 is 0. The Morgan fingerprint density at radius 3 is 3.05 bits per heavy atom. The number of ether oxygens (including phenoxy) is 1. The van der Waals surface area contributed by atoms with Crippen molar-refractivity contribution in [2.45, 2.75) is 44.4 Å². The number of piperidine rings is 1. The van der Waals surface area contributed by atoms with Crippen molar-refractivity contribution in [1.82, 2.24) is 10.2 Å². The Labute approximate surface area is 131 Å². The van der Waals surface area contributed by atoms with Crippen LogP contribution in [0, 0.1) is 0 Å². The van der Waals surface area contributed by atoms with Gasteiger partial charge in [-0.2, -0.15) is 0 Å². The molecule has 0 saturated carbocycles. The first-order chi connectivity index (χ1) is 10.6. The van der Waals surface area contributed by atoms with Gasteiger partial charge in [-0.05, 0) is 32.4 Å². The van der Waals surface area contributed by atoms with E-state index >= 15 is 0 Å². The molecule has 2 heterocycles. The number of likely N-dealkylation sites (tertiary alicyclic amines) is 1. The molecule has 1 aromatic rings. The lowest BCUT2D eigenvalue weighted by atomic mass is 10.00. The minimum absolute atomic E-state index is 0.00890. The number of rotatable bonds is 3. The van der Waals surface area contributed by atoms with Crippen LogP contribution in [0.4, 0.5) is 0 Å². The second kappa shape index (κ2) is 6.67. The van der Waals surface area contributed by atoms with Crippen molar-refractivity contribution in [3.05, 3.63) is 29.8 Å². The van der Waals surface area contributed by atoms with Gasteiger partial charge in [0.2, 0.25) is 5.91 Å². The summed E-state index contributed by atoms with van der Waals surface area (Å²) in [6.45, 7) is 3.99. The summed E-state index contributed by atoms with van der Waals surface area (Å²) in [5.41, 5.74) is 1.05. The molecule has 1 saturated heterocycles. The Morgan fingerprint density at radius 2 is 2.23 bits per heavy atom. The molecule has 2 aliphatic rings. The van der Waals surface area contributed by atoms with Crippen molar-refractivity contribution < 1.29 is 14.6 Å². The first kappa shape index (κ1) is 15.3. The highest BCUT2D eigenvalue weighted by Gasteiger charge is 2.29. The van der Waals surface area contributed by atoms with Gasteiger partial charge in [-0.25, -0.2) is 0 Å². The predicted molar refractivity (Wildman–Crippen MR) is 83.7 cm³/mol. The number of aliphatic hydroxyl groups is 1. The first-order valence-corrected chi connectivity index (χ1v) is 8.09. The Balaban J connectivity index is 1.64. The Hall–Kier alpha value is -1.59. The molecule has 120 valence electrons. The molecule has 1 aromatic carbocycles. The van der Waals surface area contributed by atoms with Crippen LogP contribution in [0.2, 0.25) is 0 Å². The Bertz CT molecular complexity index is 534. The molecular formula is C17H24N2O3. The lowest BCUT2D eigenvalue weighted by Gasteiger charge is -2.35. The molecule has 0 bridgehead atoms. The molecule has 3 atom stereocenters. The molecule has 2 N–H and O–H groups in total. The lowest BCUT2D eigenvalue weighted by molar-refractivity contribution is -0.128. The van der Waals surface area contributed by atoms with Crippen LogP contribution in [-0.4, -0.2) is 47.8 Å².